The maximum atomic E-state index is 11.7. The second kappa shape index (κ2) is 6.91. The Balaban J connectivity index is 3.21. The summed E-state index contributed by atoms with van der Waals surface area (Å²) in [6.45, 7) is 3.34. The maximum Gasteiger partial charge on any atom is 0.338 e. The highest BCUT2D eigenvalue weighted by Gasteiger charge is 2.17. The molecule has 0 amide bonds. The molecule has 1 atom stereocenters. The van der Waals surface area contributed by atoms with Crippen LogP contribution in [0.3, 0.4) is 0 Å². The lowest BCUT2D eigenvalue weighted by Gasteiger charge is -2.10. The topological polar surface area (TPSA) is 67.2 Å². The highest BCUT2D eigenvalue weighted by atomic mass is 35.5. The first-order valence-electron chi connectivity index (χ1n) is 5.82. The summed E-state index contributed by atoms with van der Waals surface area (Å²) in [4.78, 5) is 23.0. The first kappa shape index (κ1) is 15.2. The minimum atomic E-state index is -0.827. The number of nitrogens with zero attached hydrogens (tertiary/aromatic N) is 1. The van der Waals surface area contributed by atoms with Crippen molar-refractivity contribution < 1.29 is 14.3 Å². The van der Waals surface area contributed by atoms with E-state index in [0.29, 0.717) is 16.7 Å². The SMILES string of the molecule is CCOC(=O)c1cc(CC#N)cc(C(Cl)C(C)=O)c1. The summed E-state index contributed by atoms with van der Waals surface area (Å²) in [7, 11) is 0. The third kappa shape index (κ3) is 4.08. The number of alkyl halides is 1. The normalized spacial score (nSPS) is 11.5. The van der Waals surface area contributed by atoms with E-state index >= 15 is 0 Å². The van der Waals surface area contributed by atoms with E-state index in [1.165, 1.54) is 13.0 Å². The Kier molecular flexibility index (Phi) is 5.53. The Morgan fingerprint density at radius 3 is 2.63 bits per heavy atom. The second-order valence-electron chi connectivity index (χ2n) is 3.99. The van der Waals surface area contributed by atoms with Gasteiger partial charge in [0.1, 0.15) is 5.38 Å². The van der Waals surface area contributed by atoms with E-state index in [2.05, 4.69) is 0 Å². The summed E-state index contributed by atoms with van der Waals surface area (Å²) in [6, 6.07) is 6.76. The maximum absolute atomic E-state index is 11.7. The molecule has 0 fully saturated rings. The van der Waals surface area contributed by atoms with Crippen molar-refractivity contribution in [2.75, 3.05) is 6.61 Å². The zero-order chi connectivity index (χ0) is 14.4. The molecule has 0 aromatic heterocycles. The van der Waals surface area contributed by atoms with Crippen LogP contribution in [0.15, 0.2) is 18.2 Å². The van der Waals surface area contributed by atoms with Gasteiger partial charge in [-0.05, 0) is 37.1 Å². The molecule has 1 aromatic carbocycles. The number of rotatable bonds is 5. The van der Waals surface area contributed by atoms with E-state index < -0.39 is 11.3 Å². The van der Waals surface area contributed by atoms with Gasteiger partial charge < -0.3 is 4.74 Å². The van der Waals surface area contributed by atoms with Gasteiger partial charge in [-0.15, -0.1) is 11.6 Å². The van der Waals surface area contributed by atoms with Crippen LogP contribution in [0.5, 0.6) is 0 Å². The second-order valence-corrected chi connectivity index (χ2v) is 4.43. The molecule has 0 heterocycles. The first-order chi connectivity index (χ1) is 8.99. The van der Waals surface area contributed by atoms with Crippen LogP contribution in [-0.4, -0.2) is 18.4 Å². The predicted molar refractivity (Wildman–Crippen MR) is 71.0 cm³/mol. The van der Waals surface area contributed by atoms with Crippen molar-refractivity contribution in [2.45, 2.75) is 25.6 Å². The minimum Gasteiger partial charge on any atom is -0.462 e. The standard InChI is InChI=1S/C14H14ClNO3/c1-3-19-14(18)12-7-10(4-5-16)6-11(8-12)13(15)9(2)17/h6-8,13H,3-4H2,1-2H3. The van der Waals surface area contributed by atoms with Crippen molar-refractivity contribution in [1.29, 1.82) is 5.26 Å². The number of benzene rings is 1. The van der Waals surface area contributed by atoms with Crippen LogP contribution in [0, 0.1) is 11.3 Å². The summed E-state index contributed by atoms with van der Waals surface area (Å²) in [5, 5.41) is 7.90. The Morgan fingerprint density at radius 1 is 1.42 bits per heavy atom. The molecule has 0 aliphatic heterocycles. The van der Waals surface area contributed by atoms with Crippen LogP contribution in [0.1, 0.15) is 40.7 Å². The fraction of sp³-hybridized carbons (Fsp3) is 0.357. The Morgan fingerprint density at radius 2 is 2.11 bits per heavy atom. The quantitative estimate of drug-likeness (QED) is 0.614. The summed E-state index contributed by atoms with van der Waals surface area (Å²) < 4.78 is 4.91. The smallest absolute Gasteiger partial charge is 0.338 e. The highest BCUT2D eigenvalue weighted by Crippen LogP contribution is 2.24. The van der Waals surface area contributed by atoms with Gasteiger partial charge in [-0.3, -0.25) is 4.79 Å². The highest BCUT2D eigenvalue weighted by molar-refractivity contribution is 6.30. The molecular formula is C14H14ClNO3. The number of carbonyl (C=O) groups is 2. The van der Waals surface area contributed by atoms with Gasteiger partial charge >= 0.3 is 5.97 Å². The van der Waals surface area contributed by atoms with Gasteiger partial charge in [-0.25, -0.2) is 4.79 Å². The summed E-state index contributed by atoms with van der Waals surface area (Å²) in [5.74, 6) is -0.707. The minimum absolute atomic E-state index is 0.141. The van der Waals surface area contributed by atoms with Crippen molar-refractivity contribution in [3.63, 3.8) is 0 Å². The van der Waals surface area contributed by atoms with E-state index in [4.69, 9.17) is 21.6 Å². The molecule has 0 N–H and O–H groups in total. The molecule has 4 nitrogen and oxygen atoms in total. The average Bonchev–Trinajstić information content (AvgIpc) is 2.38. The molecule has 0 saturated heterocycles. The Bertz CT molecular complexity index is 534. The van der Waals surface area contributed by atoms with Crippen LogP contribution in [0.2, 0.25) is 0 Å². The number of halogens is 1. The molecule has 0 spiro atoms. The molecular weight excluding hydrogens is 266 g/mol. The fourth-order valence-electron chi connectivity index (χ4n) is 1.63. The Hall–Kier alpha value is -1.86. The molecule has 0 aliphatic carbocycles. The zero-order valence-electron chi connectivity index (χ0n) is 10.8. The summed E-state index contributed by atoms with van der Waals surface area (Å²) >= 11 is 5.98. The van der Waals surface area contributed by atoms with Gasteiger partial charge in [0.15, 0.2) is 5.78 Å². The van der Waals surface area contributed by atoms with Gasteiger partial charge in [0.2, 0.25) is 0 Å². The molecule has 100 valence electrons. The lowest BCUT2D eigenvalue weighted by Crippen LogP contribution is -2.08. The molecule has 1 rings (SSSR count). The molecule has 19 heavy (non-hydrogen) atoms. The number of ether oxygens (including phenoxy) is 1. The van der Waals surface area contributed by atoms with E-state index in [-0.39, 0.29) is 18.8 Å². The van der Waals surface area contributed by atoms with Gasteiger partial charge in [0, 0.05) is 0 Å². The fourth-order valence-corrected chi connectivity index (χ4v) is 1.75. The van der Waals surface area contributed by atoms with Gasteiger partial charge in [0.05, 0.1) is 24.7 Å². The van der Waals surface area contributed by atoms with E-state index in [0.717, 1.165) is 0 Å². The van der Waals surface area contributed by atoms with Gasteiger partial charge in [-0.1, -0.05) is 6.07 Å². The molecule has 0 aliphatic rings. The van der Waals surface area contributed by atoms with E-state index in [9.17, 15) is 9.59 Å². The first-order valence-corrected chi connectivity index (χ1v) is 6.25. The summed E-state index contributed by atoms with van der Waals surface area (Å²) in [5.41, 5.74) is 1.44. The molecule has 0 radical (unpaired) electrons. The van der Waals surface area contributed by atoms with Crippen LogP contribution >= 0.6 is 11.6 Å². The molecule has 0 bridgehead atoms. The van der Waals surface area contributed by atoms with Gasteiger partial charge in [0.25, 0.3) is 0 Å². The average molecular weight is 280 g/mol. The van der Waals surface area contributed by atoms with E-state index in [1.54, 1.807) is 19.1 Å². The summed E-state index contributed by atoms with van der Waals surface area (Å²) in [6.07, 6.45) is 0.141. The Labute approximate surface area is 116 Å². The van der Waals surface area contributed by atoms with Crippen molar-refractivity contribution in [3.8, 4) is 6.07 Å². The molecule has 1 aromatic rings. The number of esters is 1. The van der Waals surface area contributed by atoms with Gasteiger partial charge in [-0.2, -0.15) is 5.26 Å². The third-order valence-corrected chi connectivity index (χ3v) is 3.02. The van der Waals surface area contributed by atoms with Crippen LogP contribution < -0.4 is 0 Å². The van der Waals surface area contributed by atoms with Crippen molar-refractivity contribution in [3.05, 3.63) is 34.9 Å². The molecule has 0 saturated carbocycles. The molecule has 1 unspecified atom stereocenters. The van der Waals surface area contributed by atoms with Crippen molar-refractivity contribution >= 4 is 23.4 Å². The molecule has 5 heteroatoms. The third-order valence-electron chi connectivity index (χ3n) is 2.46. The number of Topliss-reactive ketones (excluding diaryl/α,β-unsaturated/α-hetero) is 1. The van der Waals surface area contributed by atoms with Crippen molar-refractivity contribution in [2.24, 2.45) is 0 Å². The number of hydrogen-bond acceptors (Lipinski definition) is 4. The monoisotopic (exact) mass is 279 g/mol. The lowest BCUT2D eigenvalue weighted by atomic mass is 10.0. The van der Waals surface area contributed by atoms with Crippen LogP contribution in [-0.2, 0) is 16.0 Å². The zero-order valence-corrected chi connectivity index (χ0v) is 11.5. The number of hydrogen-bond donors (Lipinski definition) is 0. The van der Waals surface area contributed by atoms with E-state index in [1.807, 2.05) is 6.07 Å². The lowest BCUT2D eigenvalue weighted by molar-refractivity contribution is -0.116. The largest absolute Gasteiger partial charge is 0.462 e. The van der Waals surface area contributed by atoms with Crippen LogP contribution in [0.4, 0.5) is 0 Å². The predicted octanol–water partition coefficient (Wildman–Crippen LogP) is 2.80. The van der Waals surface area contributed by atoms with Crippen LogP contribution in [0.25, 0.3) is 0 Å². The number of nitriles is 1. The number of carbonyl (C=O) groups excluding carboxylic acids is 2. The number of ketones is 1. The van der Waals surface area contributed by atoms with Crippen molar-refractivity contribution in [1.82, 2.24) is 0 Å².